The van der Waals surface area contributed by atoms with Crippen molar-refractivity contribution < 1.29 is 19.4 Å². The van der Waals surface area contributed by atoms with Gasteiger partial charge in [-0.1, -0.05) is 19.9 Å². The average Bonchev–Trinajstić information content (AvgIpc) is 2.26. The molecule has 1 unspecified atom stereocenters. The molecule has 0 heterocycles. The minimum atomic E-state index is -1.10. The number of carboxylic acids is 1. The van der Waals surface area contributed by atoms with Crippen molar-refractivity contribution >= 4 is 5.97 Å². The number of benzene rings is 1. The first-order valence-electron chi connectivity index (χ1n) is 4.94. The Labute approximate surface area is 93.7 Å². The minimum Gasteiger partial charge on any atom is -0.505 e. The molecule has 0 amide bonds. The highest BCUT2D eigenvalue weighted by atomic mass is 19.1. The molecule has 0 aliphatic heterocycles. The summed E-state index contributed by atoms with van der Waals surface area (Å²) >= 11 is 0. The highest BCUT2D eigenvalue weighted by molar-refractivity contribution is 5.75. The third-order valence-corrected chi connectivity index (χ3v) is 1.84. The van der Waals surface area contributed by atoms with Crippen LogP contribution in [-0.4, -0.2) is 23.2 Å². The molecule has 5 heteroatoms. The Bertz CT molecular complexity index is 355. The number of hydrogen-bond acceptors (Lipinski definition) is 3. The van der Waals surface area contributed by atoms with Crippen LogP contribution in [0.4, 0.5) is 4.39 Å². The largest absolute Gasteiger partial charge is 0.505 e. The third kappa shape index (κ3) is 3.51. The van der Waals surface area contributed by atoms with Gasteiger partial charge in [0.2, 0.25) is 0 Å². The van der Waals surface area contributed by atoms with Crippen LogP contribution < -0.4 is 5.32 Å². The van der Waals surface area contributed by atoms with Crippen molar-refractivity contribution in [2.45, 2.75) is 19.9 Å². The Morgan fingerprint density at radius 2 is 2.00 bits per heavy atom. The molecule has 0 fully saturated rings. The van der Waals surface area contributed by atoms with Gasteiger partial charge < -0.3 is 15.5 Å². The van der Waals surface area contributed by atoms with E-state index in [2.05, 4.69) is 5.32 Å². The molecule has 0 aliphatic carbocycles. The van der Waals surface area contributed by atoms with Crippen molar-refractivity contribution in [3.63, 3.8) is 0 Å². The Morgan fingerprint density at radius 3 is 2.38 bits per heavy atom. The van der Waals surface area contributed by atoms with Gasteiger partial charge in [0.25, 0.3) is 0 Å². The normalized spacial score (nSPS) is 11.2. The van der Waals surface area contributed by atoms with Gasteiger partial charge in [-0.25, -0.2) is 4.39 Å². The molecular formula is C11H16FNO3. The van der Waals surface area contributed by atoms with Crippen molar-refractivity contribution in [2.75, 3.05) is 7.05 Å². The molecule has 1 aromatic carbocycles. The average molecular weight is 229 g/mol. The molecule has 90 valence electrons. The number of aliphatic carboxylic acids is 1. The number of hydrogen-bond donors (Lipinski definition) is 3. The van der Waals surface area contributed by atoms with Crippen LogP contribution in [0.25, 0.3) is 0 Å². The number of carboxylic acid groups (broad SMARTS) is 1. The van der Waals surface area contributed by atoms with Crippen LogP contribution in [0.2, 0.25) is 0 Å². The number of likely N-dealkylation sites (N-methyl/N-ethyl adjacent to an activating group) is 1. The maximum Gasteiger partial charge on any atom is 0.325 e. The highest BCUT2D eigenvalue weighted by Gasteiger charge is 2.18. The molecule has 3 N–H and O–H groups in total. The highest BCUT2D eigenvalue weighted by Crippen LogP contribution is 2.20. The molecule has 0 aliphatic rings. The van der Waals surface area contributed by atoms with Gasteiger partial charge >= 0.3 is 5.97 Å². The lowest BCUT2D eigenvalue weighted by molar-refractivity contribution is -0.139. The molecule has 0 radical (unpaired) electrons. The van der Waals surface area contributed by atoms with Crippen LogP contribution in [0.5, 0.6) is 5.75 Å². The first kappa shape index (κ1) is 14.4. The zero-order chi connectivity index (χ0) is 12.7. The van der Waals surface area contributed by atoms with Gasteiger partial charge in [-0.3, -0.25) is 4.79 Å². The molecule has 0 saturated heterocycles. The zero-order valence-electron chi connectivity index (χ0n) is 9.49. The third-order valence-electron chi connectivity index (χ3n) is 1.84. The molecule has 4 nitrogen and oxygen atoms in total. The topological polar surface area (TPSA) is 69.6 Å². The van der Waals surface area contributed by atoms with Crippen molar-refractivity contribution in [3.8, 4) is 5.75 Å². The monoisotopic (exact) mass is 229 g/mol. The Morgan fingerprint density at radius 1 is 1.44 bits per heavy atom. The fourth-order valence-electron chi connectivity index (χ4n) is 1.14. The standard InChI is InChI=1S/C9H10FNO3.C2H6/c1-11-8(9(13)14)5-2-3-7(12)6(10)4-5;1-2/h2-4,8,11-12H,1H3,(H,13,14);1-2H3. The van der Waals surface area contributed by atoms with E-state index in [4.69, 9.17) is 10.2 Å². The number of phenols is 1. The second-order valence-corrected chi connectivity index (χ2v) is 2.77. The lowest BCUT2D eigenvalue weighted by Crippen LogP contribution is -2.24. The van der Waals surface area contributed by atoms with Crippen LogP contribution >= 0.6 is 0 Å². The molecule has 0 aromatic heterocycles. The van der Waals surface area contributed by atoms with Gasteiger partial charge in [0.05, 0.1) is 0 Å². The van der Waals surface area contributed by atoms with Gasteiger partial charge in [-0.2, -0.15) is 0 Å². The number of aromatic hydroxyl groups is 1. The second kappa shape index (κ2) is 6.79. The Balaban J connectivity index is 0.00000106. The summed E-state index contributed by atoms with van der Waals surface area (Å²) < 4.78 is 12.9. The number of nitrogens with one attached hydrogen (secondary N) is 1. The lowest BCUT2D eigenvalue weighted by atomic mass is 10.1. The Kier molecular flexibility index (Phi) is 6.10. The molecule has 1 atom stereocenters. The van der Waals surface area contributed by atoms with Crippen molar-refractivity contribution in [3.05, 3.63) is 29.6 Å². The molecule has 16 heavy (non-hydrogen) atoms. The smallest absolute Gasteiger partial charge is 0.325 e. The van der Waals surface area contributed by atoms with Crippen LogP contribution in [0.1, 0.15) is 25.5 Å². The number of halogens is 1. The summed E-state index contributed by atoms with van der Waals surface area (Å²) in [7, 11) is 1.46. The predicted octanol–water partition coefficient (Wildman–Crippen LogP) is 1.90. The molecule has 0 spiro atoms. The lowest BCUT2D eigenvalue weighted by Gasteiger charge is -2.11. The van der Waals surface area contributed by atoms with Crippen LogP contribution in [-0.2, 0) is 4.79 Å². The maximum atomic E-state index is 12.9. The van der Waals surface area contributed by atoms with Crippen LogP contribution in [0.3, 0.4) is 0 Å². The number of phenolic OH excluding ortho intramolecular Hbond substituents is 1. The van der Waals surface area contributed by atoms with Gasteiger partial charge in [0.1, 0.15) is 6.04 Å². The van der Waals surface area contributed by atoms with E-state index in [1.54, 1.807) is 0 Å². The summed E-state index contributed by atoms with van der Waals surface area (Å²) in [5.41, 5.74) is 0.260. The predicted molar refractivity (Wildman–Crippen MR) is 58.8 cm³/mol. The van der Waals surface area contributed by atoms with Crippen LogP contribution in [0, 0.1) is 5.82 Å². The van der Waals surface area contributed by atoms with Crippen LogP contribution in [0.15, 0.2) is 18.2 Å². The van der Waals surface area contributed by atoms with E-state index in [0.29, 0.717) is 0 Å². The fourth-order valence-corrected chi connectivity index (χ4v) is 1.14. The Hall–Kier alpha value is -1.62. The summed E-state index contributed by atoms with van der Waals surface area (Å²) in [6, 6.07) is 2.50. The number of carbonyl (C=O) groups is 1. The minimum absolute atomic E-state index is 0.260. The maximum absolute atomic E-state index is 12.9. The summed E-state index contributed by atoms with van der Waals surface area (Å²) in [4.78, 5) is 10.7. The van der Waals surface area contributed by atoms with Crippen molar-refractivity contribution in [1.29, 1.82) is 0 Å². The van der Waals surface area contributed by atoms with Gasteiger partial charge in [-0.15, -0.1) is 0 Å². The fraction of sp³-hybridized carbons (Fsp3) is 0.364. The summed E-state index contributed by atoms with van der Waals surface area (Å²) in [5, 5.41) is 20.2. The van der Waals surface area contributed by atoms with E-state index in [1.807, 2.05) is 13.8 Å². The van der Waals surface area contributed by atoms with E-state index in [0.717, 1.165) is 12.1 Å². The number of rotatable bonds is 3. The van der Waals surface area contributed by atoms with E-state index in [-0.39, 0.29) is 5.56 Å². The molecule has 1 aromatic rings. The van der Waals surface area contributed by atoms with E-state index >= 15 is 0 Å². The van der Waals surface area contributed by atoms with Gasteiger partial charge in [0.15, 0.2) is 11.6 Å². The van der Waals surface area contributed by atoms with Crippen molar-refractivity contribution in [2.24, 2.45) is 0 Å². The quantitative estimate of drug-likeness (QED) is 0.740. The first-order chi connectivity index (χ1) is 7.56. The first-order valence-corrected chi connectivity index (χ1v) is 4.94. The second-order valence-electron chi connectivity index (χ2n) is 2.77. The van der Waals surface area contributed by atoms with Crippen molar-refractivity contribution in [1.82, 2.24) is 5.32 Å². The summed E-state index contributed by atoms with van der Waals surface area (Å²) in [6.07, 6.45) is 0. The summed E-state index contributed by atoms with van der Waals surface area (Å²) in [5.74, 6) is -2.42. The SMILES string of the molecule is CC.CNC(C(=O)O)c1ccc(O)c(F)c1. The summed E-state index contributed by atoms with van der Waals surface area (Å²) in [6.45, 7) is 4.00. The molecular weight excluding hydrogens is 213 g/mol. The van der Waals surface area contributed by atoms with E-state index < -0.39 is 23.6 Å². The zero-order valence-corrected chi connectivity index (χ0v) is 9.49. The van der Waals surface area contributed by atoms with E-state index in [9.17, 15) is 9.18 Å². The molecule has 1 rings (SSSR count). The van der Waals surface area contributed by atoms with Gasteiger partial charge in [-0.05, 0) is 24.7 Å². The van der Waals surface area contributed by atoms with E-state index in [1.165, 1.54) is 13.1 Å². The molecule has 0 bridgehead atoms. The van der Waals surface area contributed by atoms with Gasteiger partial charge in [0, 0.05) is 0 Å². The molecule has 0 saturated carbocycles.